The Morgan fingerprint density at radius 1 is 1.07 bits per heavy atom. The molecule has 3 aromatic carbocycles. The van der Waals surface area contributed by atoms with Crippen molar-refractivity contribution >= 4 is 39.9 Å². The van der Waals surface area contributed by atoms with Crippen LogP contribution in [-0.4, -0.2) is 32.9 Å². The van der Waals surface area contributed by atoms with E-state index < -0.39 is 10.8 Å². The van der Waals surface area contributed by atoms with Crippen molar-refractivity contribution in [1.82, 2.24) is 15.0 Å². The largest absolute Gasteiger partial charge is 0.497 e. The second-order valence-corrected chi connectivity index (χ2v) is 6.67. The number of amides is 1. The van der Waals surface area contributed by atoms with E-state index >= 15 is 0 Å². The molecule has 0 aliphatic heterocycles. The number of fused-ring (bicyclic) bond motifs is 1. The van der Waals surface area contributed by atoms with Gasteiger partial charge < -0.3 is 10.1 Å². The monoisotopic (exact) mass is 423 g/mol. The van der Waals surface area contributed by atoms with Gasteiger partial charge in [-0.3, -0.25) is 14.9 Å². The van der Waals surface area contributed by atoms with E-state index in [-0.39, 0.29) is 16.3 Å². The molecular weight excluding hydrogens is 410 g/mol. The average molecular weight is 424 g/mol. The third-order valence-electron chi connectivity index (χ3n) is 4.35. The number of non-ortho nitro benzene ring substituents is 1. The van der Waals surface area contributed by atoms with Gasteiger partial charge in [-0.25, -0.2) is 0 Å². The molecule has 1 amide bonds. The zero-order chi connectivity index (χ0) is 21.3. The molecule has 0 bridgehead atoms. The van der Waals surface area contributed by atoms with Crippen molar-refractivity contribution in [3.8, 4) is 11.4 Å². The van der Waals surface area contributed by atoms with Crippen LogP contribution in [0.25, 0.3) is 16.7 Å². The Labute approximate surface area is 175 Å². The molecule has 4 rings (SSSR count). The highest BCUT2D eigenvalue weighted by Crippen LogP contribution is 2.24. The Balaban J connectivity index is 1.60. The van der Waals surface area contributed by atoms with E-state index in [1.807, 2.05) is 12.1 Å². The first-order chi connectivity index (χ1) is 14.4. The summed E-state index contributed by atoms with van der Waals surface area (Å²) in [6.45, 7) is 0. The molecule has 0 spiro atoms. The Kier molecular flexibility index (Phi) is 5.03. The molecular formula is C20H14ClN5O4. The zero-order valence-corrected chi connectivity index (χ0v) is 16.3. The number of carbonyl (C=O) groups is 1. The van der Waals surface area contributed by atoms with E-state index in [0.717, 1.165) is 17.5 Å². The number of halogens is 1. The Morgan fingerprint density at radius 2 is 1.80 bits per heavy atom. The molecule has 0 saturated carbocycles. The van der Waals surface area contributed by atoms with Crippen LogP contribution in [0.4, 0.5) is 11.4 Å². The SMILES string of the molecule is COc1ccc(-n2nc3ccc(NC(=O)c4cc([N+](=O)[O-])ccc4Cl)cc3n2)cc1. The minimum absolute atomic E-state index is 0.00727. The second kappa shape index (κ2) is 7.80. The number of nitro benzene ring substituents is 1. The number of nitrogens with one attached hydrogen (secondary N) is 1. The Hall–Kier alpha value is -3.98. The molecule has 0 saturated heterocycles. The summed E-state index contributed by atoms with van der Waals surface area (Å²) >= 11 is 6.03. The molecule has 0 unspecified atom stereocenters. The van der Waals surface area contributed by atoms with Crippen LogP contribution in [0.5, 0.6) is 5.75 Å². The lowest BCUT2D eigenvalue weighted by Crippen LogP contribution is -2.12. The van der Waals surface area contributed by atoms with Crippen molar-refractivity contribution < 1.29 is 14.5 Å². The smallest absolute Gasteiger partial charge is 0.270 e. The zero-order valence-electron chi connectivity index (χ0n) is 15.6. The topological polar surface area (TPSA) is 112 Å². The third-order valence-corrected chi connectivity index (χ3v) is 4.68. The van der Waals surface area contributed by atoms with Gasteiger partial charge >= 0.3 is 0 Å². The summed E-state index contributed by atoms with van der Waals surface area (Å²) < 4.78 is 5.14. The van der Waals surface area contributed by atoms with Crippen LogP contribution in [0, 0.1) is 10.1 Å². The van der Waals surface area contributed by atoms with Crippen LogP contribution >= 0.6 is 11.6 Å². The standard InChI is InChI=1S/C20H14ClN5O4/c1-30-15-6-3-13(4-7-15)25-23-18-9-2-12(10-19(18)24-25)22-20(27)16-11-14(26(28)29)5-8-17(16)21/h2-11H,1H3,(H,22,27). The van der Waals surface area contributed by atoms with Crippen LogP contribution in [0.1, 0.15) is 10.4 Å². The summed E-state index contributed by atoms with van der Waals surface area (Å²) in [6, 6.07) is 16.0. The number of aromatic nitrogens is 3. The first-order valence-electron chi connectivity index (χ1n) is 8.71. The Bertz CT molecular complexity index is 1270. The number of nitrogens with zero attached hydrogens (tertiary/aromatic N) is 4. The van der Waals surface area contributed by atoms with Crippen molar-refractivity contribution in [2.45, 2.75) is 0 Å². The normalized spacial score (nSPS) is 10.7. The van der Waals surface area contributed by atoms with Crippen LogP contribution in [0.2, 0.25) is 5.02 Å². The van der Waals surface area contributed by atoms with E-state index in [1.54, 1.807) is 37.4 Å². The summed E-state index contributed by atoms with van der Waals surface area (Å²) in [5, 5.41) is 22.6. The first kappa shape index (κ1) is 19.3. The van der Waals surface area contributed by atoms with Crippen molar-refractivity contribution in [2.24, 2.45) is 0 Å². The molecule has 10 heteroatoms. The second-order valence-electron chi connectivity index (χ2n) is 6.27. The van der Waals surface area contributed by atoms with Gasteiger partial charge in [-0.05, 0) is 48.5 Å². The fourth-order valence-electron chi connectivity index (χ4n) is 2.82. The molecule has 0 aliphatic carbocycles. The quantitative estimate of drug-likeness (QED) is 0.379. The van der Waals surface area contributed by atoms with Gasteiger partial charge in [0, 0.05) is 17.8 Å². The van der Waals surface area contributed by atoms with Crippen molar-refractivity contribution in [1.29, 1.82) is 0 Å². The first-order valence-corrected chi connectivity index (χ1v) is 9.09. The highest BCUT2D eigenvalue weighted by Gasteiger charge is 2.16. The number of rotatable bonds is 5. The van der Waals surface area contributed by atoms with Crippen LogP contribution in [-0.2, 0) is 0 Å². The Morgan fingerprint density at radius 3 is 2.50 bits per heavy atom. The van der Waals surface area contributed by atoms with E-state index in [0.29, 0.717) is 16.7 Å². The molecule has 4 aromatic rings. The summed E-state index contributed by atoms with van der Waals surface area (Å²) in [7, 11) is 1.59. The molecule has 0 radical (unpaired) electrons. The molecule has 150 valence electrons. The van der Waals surface area contributed by atoms with Crippen molar-refractivity contribution in [2.75, 3.05) is 12.4 Å². The van der Waals surface area contributed by atoms with E-state index in [4.69, 9.17) is 16.3 Å². The highest BCUT2D eigenvalue weighted by molar-refractivity contribution is 6.34. The molecule has 0 fully saturated rings. The van der Waals surface area contributed by atoms with Gasteiger partial charge in [0.15, 0.2) is 0 Å². The molecule has 0 atom stereocenters. The fourth-order valence-corrected chi connectivity index (χ4v) is 3.03. The van der Waals surface area contributed by atoms with Crippen LogP contribution in [0.3, 0.4) is 0 Å². The number of nitro groups is 1. The van der Waals surface area contributed by atoms with Gasteiger partial charge in [0.1, 0.15) is 16.8 Å². The van der Waals surface area contributed by atoms with Crippen LogP contribution in [0.15, 0.2) is 60.7 Å². The van der Waals surface area contributed by atoms with Gasteiger partial charge in [0.05, 0.1) is 28.3 Å². The maximum atomic E-state index is 12.6. The molecule has 1 aromatic heterocycles. The number of anilines is 1. The summed E-state index contributed by atoms with van der Waals surface area (Å²) in [5.41, 5.74) is 2.19. The van der Waals surface area contributed by atoms with Gasteiger partial charge in [-0.1, -0.05) is 11.6 Å². The fraction of sp³-hybridized carbons (Fsp3) is 0.0500. The number of hydrogen-bond acceptors (Lipinski definition) is 6. The molecule has 9 nitrogen and oxygen atoms in total. The maximum absolute atomic E-state index is 12.6. The number of methoxy groups -OCH3 is 1. The lowest BCUT2D eigenvalue weighted by molar-refractivity contribution is -0.384. The lowest BCUT2D eigenvalue weighted by Gasteiger charge is -2.06. The number of hydrogen-bond donors (Lipinski definition) is 1. The highest BCUT2D eigenvalue weighted by atomic mass is 35.5. The van der Waals surface area contributed by atoms with Crippen molar-refractivity contribution in [3.63, 3.8) is 0 Å². The van der Waals surface area contributed by atoms with Gasteiger partial charge in [-0.2, -0.15) is 4.80 Å². The third kappa shape index (κ3) is 3.78. The molecule has 30 heavy (non-hydrogen) atoms. The van der Waals surface area contributed by atoms with Crippen molar-refractivity contribution in [3.05, 3.63) is 81.4 Å². The van der Waals surface area contributed by atoms with E-state index in [9.17, 15) is 14.9 Å². The predicted octanol–water partition coefficient (Wildman–Crippen LogP) is 4.24. The number of ether oxygens (including phenoxy) is 1. The van der Waals surface area contributed by atoms with E-state index in [1.165, 1.54) is 16.9 Å². The minimum atomic E-state index is -0.587. The molecule has 1 N–H and O–H groups in total. The molecule has 0 aliphatic rings. The van der Waals surface area contributed by atoms with Crippen LogP contribution < -0.4 is 10.1 Å². The number of benzene rings is 3. The summed E-state index contributed by atoms with van der Waals surface area (Å²) in [5.74, 6) is 0.158. The van der Waals surface area contributed by atoms with Gasteiger partial charge in [0.25, 0.3) is 11.6 Å². The summed E-state index contributed by atoms with van der Waals surface area (Å²) in [6.07, 6.45) is 0. The minimum Gasteiger partial charge on any atom is -0.497 e. The lowest BCUT2D eigenvalue weighted by atomic mass is 10.1. The summed E-state index contributed by atoms with van der Waals surface area (Å²) in [4.78, 5) is 24.4. The molecule has 1 heterocycles. The van der Waals surface area contributed by atoms with Gasteiger partial charge in [0.2, 0.25) is 0 Å². The van der Waals surface area contributed by atoms with Gasteiger partial charge in [-0.15, -0.1) is 10.2 Å². The maximum Gasteiger partial charge on any atom is 0.270 e. The average Bonchev–Trinajstić information content (AvgIpc) is 3.17. The van der Waals surface area contributed by atoms with E-state index in [2.05, 4.69) is 15.5 Å². The predicted molar refractivity (Wildman–Crippen MR) is 111 cm³/mol. The number of carbonyl (C=O) groups excluding carboxylic acids is 1.